The molecule has 0 fully saturated rings. The van der Waals surface area contributed by atoms with Crippen molar-refractivity contribution < 1.29 is 26.3 Å². The van der Waals surface area contributed by atoms with Crippen LogP contribution in [-0.4, -0.2) is 38.1 Å². The molecule has 2 aromatic rings. The molecule has 25 heavy (non-hydrogen) atoms. The first-order valence-corrected chi connectivity index (χ1v) is 8.54. The van der Waals surface area contributed by atoms with Gasteiger partial charge in [0.25, 0.3) is 0 Å². The zero-order chi connectivity index (χ0) is 18.5. The van der Waals surface area contributed by atoms with Gasteiger partial charge in [-0.25, -0.2) is 13.1 Å². The minimum atomic E-state index is -4.83. The number of sulfonamides is 1. The quantitative estimate of drug-likeness (QED) is 0.719. The molecular weight excluding hydrogens is 361 g/mol. The van der Waals surface area contributed by atoms with Crippen LogP contribution in [0.3, 0.4) is 0 Å². The average Bonchev–Trinajstić information content (AvgIpc) is 2.52. The van der Waals surface area contributed by atoms with Crippen molar-refractivity contribution in [2.24, 2.45) is 0 Å². The summed E-state index contributed by atoms with van der Waals surface area (Å²) in [6.07, 6.45) is -4.83. The van der Waals surface area contributed by atoms with Gasteiger partial charge in [0.05, 0.1) is 10.6 Å². The Morgan fingerprint density at radius 2 is 1.72 bits per heavy atom. The van der Waals surface area contributed by atoms with Crippen LogP contribution in [0.15, 0.2) is 41.3 Å². The predicted octanol–water partition coefficient (Wildman–Crippen LogP) is 2.07. The van der Waals surface area contributed by atoms with Crippen LogP contribution in [0.25, 0.3) is 0 Å². The van der Waals surface area contributed by atoms with Crippen molar-refractivity contribution >= 4 is 15.8 Å². The lowest BCUT2D eigenvalue weighted by Crippen LogP contribution is -2.29. The summed E-state index contributed by atoms with van der Waals surface area (Å²) in [6, 6.07) is 7.38. The topological polar surface area (TPSA) is 93.2 Å². The second kappa shape index (κ2) is 7.66. The fraction of sp³-hybridized carbons (Fsp3) is 0.286. The highest BCUT2D eigenvalue weighted by molar-refractivity contribution is 7.89. The van der Waals surface area contributed by atoms with Gasteiger partial charge in [-0.3, -0.25) is 0 Å². The van der Waals surface area contributed by atoms with Crippen molar-refractivity contribution in [1.82, 2.24) is 14.9 Å². The van der Waals surface area contributed by atoms with Crippen molar-refractivity contribution in [1.29, 1.82) is 0 Å². The van der Waals surface area contributed by atoms with E-state index in [-0.39, 0.29) is 18.0 Å². The maximum atomic E-state index is 12.1. The molecule has 0 saturated heterocycles. The summed E-state index contributed by atoms with van der Waals surface area (Å²) in [7, 11) is -3.84. The Morgan fingerprint density at radius 1 is 1.04 bits per heavy atom. The summed E-state index contributed by atoms with van der Waals surface area (Å²) >= 11 is 0. The second-order valence-electron chi connectivity index (χ2n) is 4.90. The van der Waals surface area contributed by atoms with Crippen molar-refractivity contribution in [2.45, 2.75) is 18.2 Å². The minimum absolute atomic E-state index is 0.0543. The van der Waals surface area contributed by atoms with Crippen LogP contribution < -0.4 is 14.8 Å². The minimum Gasteiger partial charge on any atom is -0.406 e. The molecule has 2 rings (SSSR count). The van der Waals surface area contributed by atoms with Crippen molar-refractivity contribution in [3.05, 3.63) is 42.1 Å². The number of aryl methyl sites for hydroxylation is 1. The third kappa shape index (κ3) is 6.19. The first kappa shape index (κ1) is 18.9. The first-order chi connectivity index (χ1) is 11.7. The molecule has 1 aromatic heterocycles. The number of anilines is 1. The fourth-order valence-electron chi connectivity index (χ4n) is 1.77. The third-order valence-electron chi connectivity index (χ3n) is 2.89. The molecule has 0 amide bonds. The van der Waals surface area contributed by atoms with Gasteiger partial charge in [0.1, 0.15) is 11.6 Å². The number of benzene rings is 1. The Hall–Kier alpha value is -2.40. The van der Waals surface area contributed by atoms with Gasteiger partial charge in [-0.2, -0.15) is 5.10 Å². The molecule has 11 heteroatoms. The summed E-state index contributed by atoms with van der Waals surface area (Å²) in [5, 5.41) is 10.6. The molecule has 2 N–H and O–H groups in total. The lowest BCUT2D eigenvalue weighted by Gasteiger charge is -2.10. The Labute approximate surface area is 142 Å². The monoisotopic (exact) mass is 376 g/mol. The summed E-state index contributed by atoms with van der Waals surface area (Å²) in [5.41, 5.74) is 0.754. The predicted molar refractivity (Wildman–Crippen MR) is 83.6 cm³/mol. The highest BCUT2D eigenvalue weighted by Crippen LogP contribution is 2.23. The van der Waals surface area contributed by atoms with E-state index in [1.54, 1.807) is 19.1 Å². The maximum Gasteiger partial charge on any atom is 0.573 e. The van der Waals surface area contributed by atoms with Crippen LogP contribution in [0.2, 0.25) is 0 Å². The van der Waals surface area contributed by atoms with Crippen LogP contribution in [0.4, 0.5) is 19.0 Å². The maximum absolute atomic E-state index is 12.1. The van der Waals surface area contributed by atoms with E-state index in [0.29, 0.717) is 5.82 Å². The molecule has 1 aromatic carbocycles. The van der Waals surface area contributed by atoms with E-state index in [9.17, 15) is 21.6 Å². The van der Waals surface area contributed by atoms with Crippen LogP contribution in [-0.2, 0) is 10.0 Å². The van der Waals surface area contributed by atoms with Gasteiger partial charge >= 0.3 is 6.36 Å². The van der Waals surface area contributed by atoms with Crippen LogP contribution in [0.1, 0.15) is 5.69 Å². The number of halogens is 3. The summed E-state index contributed by atoms with van der Waals surface area (Å²) in [4.78, 5) is -0.169. The standard InChI is InChI=1S/C14H15F3N4O3S/c1-10-2-7-13(21-20-10)18-8-9-19-25(22,23)12-5-3-11(4-6-12)24-14(15,16)17/h2-7,19H,8-9H2,1H3,(H,18,21). The van der Waals surface area contributed by atoms with Gasteiger partial charge in [-0.15, -0.1) is 18.3 Å². The summed E-state index contributed by atoms with van der Waals surface area (Å²) in [6.45, 7) is 2.10. The molecule has 0 aliphatic heterocycles. The van der Waals surface area contributed by atoms with E-state index < -0.39 is 22.1 Å². The number of nitrogens with one attached hydrogen (secondary N) is 2. The summed E-state index contributed by atoms with van der Waals surface area (Å²) in [5.74, 6) is 0.00418. The molecule has 0 atom stereocenters. The highest BCUT2D eigenvalue weighted by Gasteiger charge is 2.31. The van der Waals surface area contributed by atoms with Crippen molar-refractivity contribution in [3.8, 4) is 5.75 Å². The Morgan fingerprint density at radius 3 is 2.28 bits per heavy atom. The van der Waals surface area contributed by atoms with Gasteiger partial charge < -0.3 is 10.1 Å². The van der Waals surface area contributed by atoms with Gasteiger partial charge in [0, 0.05) is 13.1 Å². The lowest BCUT2D eigenvalue weighted by molar-refractivity contribution is -0.274. The van der Waals surface area contributed by atoms with Gasteiger partial charge in [0.15, 0.2) is 0 Å². The van der Waals surface area contributed by atoms with Crippen LogP contribution >= 0.6 is 0 Å². The van der Waals surface area contributed by atoms with E-state index in [1.165, 1.54) is 0 Å². The molecule has 0 aliphatic carbocycles. The normalized spacial score (nSPS) is 12.0. The lowest BCUT2D eigenvalue weighted by atomic mass is 10.3. The Bertz CT molecular complexity index is 794. The zero-order valence-electron chi connectivity index (χ0n) is 13.0. The average molecular weight is 376 g/mol. The van der Waals surface area contributed by atoms with Crippen LogP contribution in [0, 0.1) is 6.92 Å². The SMILES string of the molecule is Cc1ccc(NCCNS(=O)(=O)c2ccc(OC(F)(F)F)cc2)nn1. The molecule has 136 valence electrons. The van der Waals surface area contributed by atoms with E-state index in [4.69, 9.17) is 0 Å². The molecule has 0 unspecified atom stereocenters. The van der Waals surface area contributed by atoms with Gasteiger partial charge in [-0.05, 0) is 43.3 Å². The van der Waals surface area contributed by atoms with E-state index in [1.807, 2.05) is 0 Å². The molecule has 0 saturated carbocycles. The van der Waals surface area contributed by atoms with E-state index >= 15 is 0 Å². The fourth-order valence-corrected chi connectivity index (χ4v) is 2.80. The second-order valence-corrected chi connectivity index (χ2v) is 6.67. The molecular formula is C14H15F3N4O3S. The number of hydrogen-bond donors (Lipinski definition) is 2. The van der Waals surface area contributed by atoms with Crippen molar-refractivity contribution in [3.63, 3.8) is 0 Å². The molecule has 0 bridgehead atoms. The van der Waals surface area contributed by atoms with E-state index in [0.717, 1.165) is 30.0 Å². The Kier molecular flexibility index (Phi) is 5.80. The van der Waals surface area contributed by atoms with Gasteiger partial charge in [0.2, 0.25) is 10.0 Å². The molecule has 0 aliphatic rings. The largest absolute Gasteiger partial charge is 0.573 e. The highest BCUT2D eigenvalue weighted by atomic mass is 32.2. The molecule has 0 radical (unpaired) electrons. The van der Waals surface area contributed by atoms with Crippen molar-refractivity contribution in [2.75, 3.05) is 18.4 Å². The number of aromatic nitrogens is 2. The number of alkyl halides is 3. The first-order valence-electron chi connectivity index (χ1n) is 7.05. The number of nitrogens with zero attached hydrogens (tertiary/aromatic N) is 2. The van der Waals surface area contributed by atoms with E-state index in [2.05, 4.69) is 25.0 Å². The smallest absolute Gasteiger partial charge is 0.406 e. The number of hydrogen-bond acceptors (Lipinski definition) is 6. The number of ether oxygens (including phenoxy) is 1. The third-order valence-corrected chi connectivity index (χ3v) is 4.37. The van der Waals surface area contributed by atoms with Gasteiger partial charge in [-0.1, -0.05) is 0 Å². The zero-order valence-corrected chi connectivity index (χ0v) is 13.9. The molecule has 7 nitrogen and oxygen atoms in total. The molecule has 1 heterocycles. The number of rotatable bonds is 7. The molecule has 0 spiro atoms. The van der Waals surface area contributed by atoms with Crippen LogP contribution in [0.5, 0.6) is 5.75 Å². The summed E-state index contributed by atoms with van der Waals surface area (Å²) < 4.78 is 66.3. The Balaban J connectivity index is 1.87.